The average Bonchev–Trinajstić information content (AvgIpc) is 2.49. The first kappa shape index (κ1) is 21.6. The third kappa shape index (κ3) is 4.78. The van der Waals surface area contributed by atoms with E-state index in [2.05, 4.69) is 4.74 Å². The maximum Gasteiger partial charge on any atom is 0.430 e. The van der Waals surface area contributed by atoms with E-state index in [0.717, 1.165) is 18.6 Å². The number of hydrogen-bond acceptors (Lipinski definition) is 3. The minimum absolute atomic E-state index is 0.0345. The molecular weight excluding hydrogens is 350 g/mol. The van der Waals surface area contributed by atoms with Gasteiger partial charge in [-0.3, -0.25) is 0 Å². The van der Waals surface area contributed by atoms with Crippen molar-refractivity contribution >= 4 is 5.69 Å². The van der Waals surface area contributed by atoms with Gasteiger partial charge in [-0.25, -0.2) is 0 Å². The summed E-state index contributed by atoms with van der Waals surface area (Å²) in [5, 5.41) is 0. The van der Waals surface area contributed by atoms with Gasteiger partial charge < -0.3 is 15.4 Å². The molecule has 9 heteroatoms. The normalized spacial score (nSPS) is 13.5. The molecule has 0 fully saturated rings. The summed E-state index contributed by atoms with van der Waals surface area (Å²) in [6, 6.07) is 3.36. The van der Waals surface area contributed by atoms with E-state index in [4.69, 9.17) is 5.73 Å². The van der Waals surface area contributed by atoms with Gasteiger partial charge >= 0.3 is 12.4 Å². The molecule has 0 heterocycles. The van der Waals surface area contributed by atoms with Crippen molar-refractivity contribution in [1.29, 1.82) is 0 Å². The predicted octanol–water partition coefficient (Wildman–Crippen LogP) is 4.34. The molecule has 0 aliphatic carbocycles. The molecule has 0 atom stereocenters. The number of alkyl halides is 6. The number of likely N-dealkylation sites (N-methyl/N-ethyl adjacent to an activating group) is 1. The van der Waals surface area contributed by atoms with E-state index in [1.54, 1.807) is 11.8 Å². The molecule has 3 nitrogen and oxygen atoms in total. The van der Waals surface area contributed by atoms with E-state index in [1.807, 2.05) is 6.92 Å². The molecule has 1 aromatic carbocycles. The van der Waals surface area contributed by atoms with E-state index < -0.39 is 30.1 Å². The third-order valence-corrected chi connectivity index (χ3v) is 3.83. The largest absolute Gasteiger partial charge is 0.430 e. The van der Waals surface area contributed by atoms with Crippen LogP contribution in [0.4, 0.5) is 32.0 Å². The Morgan fingerprint density at radius 2 is 1.44 bits per heavy atom. The lowest BCUT2D eigenvalue weighted by Crippen LogP contribution is -2.56. The van der Waals surface area contributed by atoms with Crippen LogP contribution >= 0.6 is 0 Å². The molecule has 144 valence electrons. The van der Waals surface area contributed by atoms with Gasteiger partial charge in [0, 0.05) is 17.8 Å². The highest BCUT2D eigenvalue weighted by atomic mass is 19.4. The number of anilines is 1. The molecule has 0 amide bonds. The number of ether oxygens (including phenoxy) is 1. The molecule has 0 aromatic heterocycles. The second kappa shape index (κ2) is 8.27. The van der Waals surface area contributed by atoms with Crippen LogP contribution in [0.3, 0.4) is 0 Å². The fourth-order valence-corrected chi connectivity index (χ4v) is 2.52. The summed E-state index contributed by atoms with van der Waals surface area (Å²) in [5.74, 6) is 0. The number of halogens is 6. The van der Waals surface area contributed by atoms with Gasteiger partial charge in [-0.15, -0.1) is 0 Å². The number of benzene rings is 1. The van der Waals surface area contributed by atoms with Gasteiger partial charge in [-0.1, -0.05) is 26.0 Å². The van der Waals surface area contributed by atoms with Crippen molar-refractivity contribution in [1.82, 2.24) is 4.90 Å². The van der Waals surface area contributed by atoms with Crippen LogP contribution in [-0.2, 0) is 10.3 Å². The number of hydrogen-bond donors (Lipinski definition) is 1. The summed E-state index contributed by atoms with van der Waals surface area (Å²) < 4.78 is 85.7. The van der Waals surface area contributed by atoms with Crippen molar-refractivity contribution in [2.75, 3.05) is 32.0 Å². The van der Waals surface area contributed by atoms with Crippen molar-refractivity contribution in [3.63, 3.8) is 0 Å². The monoisotopic (exact) mass is 372 g/mol. The molecule has 0 radical (unpaired) electrons. The van der Waals surface area contributed by atoms with Gasteiger partial charge in [-0.2, -0.15) is 26.3 Å². The fourth-order valence-electron chi connectivity index (χ4n) is 2.52. The minimum atomic E-state index is -5.68. The first-order chi connectivity index (χ1) is 11.5. The van der Waals surface area contributed by atoms with Crippen molar-refractivity contribution in [3.8, 4) is 0 Å². The van der Waals surface area contributed by atoms with Gasteiger partial charge in [0.2, 0.25) is 0 Å². The molecule has 0 unspecified atom stereocenters. The van der Waals surface area contributed by atoms with Gasteiger partial charge in [-0.05, 0) is 31.6 Å². The quantitative estimate of drug-likeness (QED) is 0.545. The van der Waals surface area contributed by atoms with Crippen LogP contribution in [0.5, 0.6) is 0 Å². The highest BCUT2D eigenvalue weighted by molar-refractivity contribution is 5.42. The van der Waals surface area contributed by atoms with E-state index >= 15 is 0 Å². The molecule has 1 aromatic rings. The van der Waals surface area contributed by atoms with Gasteiger partial charge in [0.1, 0.15) is 0 Å². The van der Waals surface area contributed by atoms with Crippen molar-refractivity contribution in [2.45, 2.75) is 38.2 Å². The minimum Gasteiger partial charge on any atom is -0.399 e. The number of rotatable bonds is 8. The first-order valence-corrected chi connectivity index (χ1v) is 7.85. The SMILES string of the molecule is CCCN(CC)CCOC(c1ccc(N)cc1)(C(F)(F)F)C(F)(F)F. The molecule has 2 N–H and O–H groups in total. The standard InChI is InChI=1S/C16H22F6N2O/c1-3-9-24(4-2)10-11-25-14(15(17,18)19,16(20,21)22)12-5-7-13(23)8-6-12/h5-8H,3-4,9-11,23H2,1-2H3. The number of nitrogen functional groups attached to an aromatic ring is 1. The molecule has 0 bridgehead atoms. The van der Waals surface area contributed by atoms with Gasteiger partial charge in [0.15, 0.2) is 0 Å². The van der Waals surface area contributed by atoms with Crippen molar-refractivity contribution < 1.29 is 31.1 Å². The molecular formula is C16H22F6N2O. The molecule has 1 rings (SSSR count). The van der Waals surface area contributed by atoms with Crippen LogP contribution in [0.25, 0.3) is 0 Å². The molecule has 0 saturated carbocycles. The average molecular weight is 372 g/mol. The maximum absolute atomic E-state index is 13.5. The summed E-state index contributed by atoms with van der Waals surface area (Å²) in [7, 11) is 0. The second-order valence-electron chi connectivity index (χ2n) is 5.58. The summed E-state index contributed by atoms with van der Waals surface area (Å²) in [6.07, 6.45) is -10.6. The summed E-state index contributed by atoms with van der Waals surface area (Å²) in [5.41, 5.74) is -0.00422. The maximum atomic E-state index is 13.5. The fraction of sp³-hybridized carbons (Fsp3) is 0.625. The number of nitrogens with two attached hydrogens (primary N) is 1. The summed E-state index contributed by atoms with van der Waals surface area (Å²) in [4.78, 5) is 1.72. The summed E-state index contributed by atoms with van der Waals surface area (Å²) in [6.45, 7) is 3.96. The van der Waals surface area contributed by atoms with Crippen LogP contribution in [-0.4, -0.2) is 43.5 Å². The Labute approximate surface area is 142 Å². The smallest absolute Gasteiger partial charge is 0.399 e. The second-order valence-corrected chi connectivity index (χ2v) is 5.58. The van der Waals surface area contributed by atoms with Gasteiger partial charge in [0.05, 0.1) is 6.61 Å². The lowest BCUT2D eigenvalue weighted by atomic mass is 9.91. The highest BCUT2D eigenvalue weighted by Crippen LogP contribution is 2.52. The van der Waals surface area contributed by atoms with Crippen LogP contribution in [0.15, 0.2) is 24.3 Å². The first-order valence-electron chi connectivity index (χ1n) is 7.85. The Bertz CT molecular complexity index is 513. The Morgan fingerprint density at radius 3 is 1.84 bits per heavy atom. The van der Waals surface area contributed by atoms with E-state index in [-0.39, 0.29) is 12.2 Å². The topological polar surface area (TPSA) is 38.5 Å². The third-order valence-electron chi connectivity index (χ3n) is 3.83. The van der Waals surface area contributed by atoms with Crippen LogP contribution in [0.2, 0.25) is 0 Å². The Balaban J connectivity index is 3.21. The molecule has 0 aliphatic rings. The van der Waals surface area contributed by atoms with Crippen LogP contribution in [0, 0.1) is 0 Å². The molecule has 0 spiro atoms. The highest BCUT2D eigenvalue weighted by Gasteiger charge is 2.73. The van der Waals surface area contributed by atoms with Gasteiger partial charge in [0.25, 0.3) is 5.60 Å². The van der Waals surface area contributed by atoms with E-state index in [0.29, 0.717) is 25.2 Å². The zero-order valence-electron chi connectivity index (χ0n) is 14.0. The molecule has 25 heavy (non-hydrogen) atoms. The lowest BCUT2D eigenvalue weighted by Gasteiger charge is -2.38. The zero-order chi connectivity index (χ0) is 19.3. The lowest BCUT2D eigenvalue weighted by molar-refractivity contribution is -0.389. The Hall–Kier alpha value is -1.48. The number of nitrogens with zero attached hydrogens (tertiary/aromatic N) is 1. The van der Waals surface area contributed by atoms with Crippen LogP contribution in [0.1, 0.15) is 25.8 Å². The predicted molar refractivity (Wildman–Crippen MR) is 83.0 cm³/mol. The van der Waals surface area contributed by atoms with Crippen molar-refractivity contribution in [3.05, 3.63) is 29.8 Å². The summed E-state index contributed by atoms with van der Waals surface area (Å²) >= 11 is 0. The van der Waals surface area contributed by atoms with E-state index in [9.17, 15) is 26.3 Å². The van der Waals surface area contributed by atoms with Crippen molar-refractivity contribution in [2.24, 2.45) is 0 Å². The molecule has 0 aliphatic heterocycles. The molecule has 0 saturated heterocycles. The van der Waals surface area contributed by atoms with Crippen LogP contribution < -0.4 is 5.73 Å². The Kier molecular flexibility index (Phi) is 7.13. The Morgan fingerprint density at radius 1 is 0.920 bits per heavy atom. The van der Waals surface area contributed by atoms with E-state index in [1.165, 1.54) is 0 Å². The zero-order valence-corrected chi connectivity index (χ0v) is 14.0.